The van der Waals surface area contributed by atoms with Crippen molar-refractivity contribution in [3.63, 3.8) is 0 Å². The Balaban J connectivity index is 2.12. The standard InChI is InChI=1S/C12H10BClFNO2S/c14-10-2-1-5-16-12(10)19-7-8-3-4-11(15)9(6-8)13(17)18/h1-6,17-18H,7H2. The van der Waals surface area contributed by atoms with Gasteiger partial charge >= 0.3 is 7.12 Å². The van der Waals surface area contributed by atoms with Crippen LogP contribution in [0.3, 0.4) is 0 Å². The van der Waals surface area contributed by atoms with Crippen LogP contribution in [0.4, 0.5) is 4.39 Å². The van der Waals surface area contributed by atoms with Gasteiger partial charge in [-0.1, -0.05) is 23.7 Å². The Morgan fingerprint density at radius 2 is 2.11 bits per heavy atom. The first-order chi connectivity index (χ1) is 9.08. The third kappa shape index (κ3) is 3.70. The van der Waals surface area contributed by atoms with Crippen molar-refractivity contribution in [2.45, 2.75) is 10.8 Å². The Bertz CT molecular complexity index is 585. The molecule has 0 spiro atoms. The van der Waals surface area contributed by atoms with Crippen LogP contribution >= 0.6 is 23.4 Å². The SMILES string of the molecule is OB(O)c1cc(CSc2ncccc2Cl)ccc1F. The fourth-order valence-electron chi connectivity index (χ4n) is 1.51. The van der Waals surface area contributed by atoms with Crippen molar-refractivity contribution in [3.05, 3.63) is 52.9 Å². The quantitative estimate of drug-likeness (QED) is 0.668. The molecule has 0 aliphatic carbocycles. The number of halogens is 2. The van der Waals surface area contributed by atoms with E-state index in [1.54, 1.807) is 24.4 Å². The van der Waals surface area contributed by atoms with Crippen LogP contribution in [0.25, 0.3) is 0 Å². The summed E-state index contributed by atoms with van der Waals surface area (Å²) >= 11 is 7.37. The molecule has 0 saturated carbocycles. The highest BCUT2D eigenvalue weighted by molar-refractivity contribution is 7.98. The van der Waals surface area contributed by atoms with Gasteiger partial charge in [-0.3, -0.25) is 0 Å². The second-order valence-corrected chi connectivity index (χ2v) is 5.18. The topological polar surface area (TPSA) is 53.4 Å². The van der Waals surface area contributed by atoms with E-state index in [-0.39, 0.29) is 5.46 Å². The van der Waals surface area contributed by atoms with Gasteiger partial charge in [0.05, 0.1) is 5.02 Å². The average molecular weight is 298 g/mol. The molecule has 98 valence electrons. The van der Waals surface area contributed by atoms with Gasteiger partial charge in [0.25, 0.3) is 0 Å². The lowest BCUT2D eigenvalue weighted by atomic mass is 9.79. The monoisotopic (exact) mass is 297 g/mol. The zero-order chi connectivity index (χ0) is 13.8. The van der Waals surface area contributed by atoms with Gasteiger partial charge in [-0.2, -0.15) is 0 Å². The molecule has 1 aromatic heterocycles. The van der Waals surface area contributed by atoms with E-state index in [9.17, 15) is 4.39 Å². The van der Waals surface area contributed by atoms with Crippen molar-refractivity contribution in [2.24, 2.45) is 0 Å². The minimum atomic E-state index is -1.82. The van der Waals surface area contributed by atoms with Gasteiger partial charge in [0.2, 0.25) is 0 Å². The Labute approximate surface area is 119 Å². The number of benzene rings is 1. The molecule has 1 heterocycles. The molecule has 19 heavy (non-hydrogen) atoms. The van der Waals surface area contributed by atoms with E-state index >= 15 is 0 Å². The van der Waals surface area contributed by atoms with E-state index in [2.05, 4.69) is 4.98 Å². The number of rotatable bonds is 4. The fraction of sp³-hybridized carbons (Fsp3) is 0.0833. The lowest BCUT2D eigenvalue weighted by Crippen LogP contribution is -2.33. The minimum absolute atomic E-state index is 0.134. The number of hydrogen-bond acceptors (Lipinski definition) is 4. The highest BCUT2D eigenvalue weighted by Gasteiger charge is 2.16. The summed E-state index contributed by atoms with van der Waals surface area (Å²) in [5.74, 6) is -0.129. The first kappa shape index (κ1) is 14.3. The van der Waals surface area contributed by atoms with E-state index < -0.39 is 12.9 Å². The Hall–Kier alpha value is -1.08. The molecule has 2 rings (SSSR count). The molecule has 7 heteroatoms. The van der Waals surface area contributed by atoms with Gasteiger partial charge in [-0.15, -0.1) is 11.8 Å². The van der Waals surface area contributed by atoms with E-state index in [1.807, 2.05) is 0 Å². The maximum absolute atomic E-state index is 13.3. The number of aromatic nitrogens is 1. The van der Waals surface area contributed by atoms with Gasteiger partial charge in [0.15, 0.2) is 0 Å². The molecule has 0 amide bonds. The van der Waals surface area contributed by atoms with Crippen molar-refractivity contribution in [1.82, 2.24) is 4.98 Å². The molecule has 0 bridgehead atoms. The third-order valence-electron chi connectivity index (χ3n) is 2.44. The number of thioether (sulfide) groups is 1. The van der Waals surface area contributed by atoms with E-state index in [4.69, 9.17) is 21.6 Å². The van der Waals surface area contributed by atoms with Crippen LogP contribution < -0.4 is 5.46 Å². The first-order valence-electron chi connectivity index (χ1n) is 5.45. The summed E-state index contributed by atoms with van der Waals surface area (Å²) in [5.41, 5.74) is 0.626. The minimum Gasteiger partial charge on any atom is -0.423 e. The summed E-state index contributed by atoms with van der Waals surface area (Å²) in [6.45, 7) is 0. The molecule has 0 atom stereocenters. The second-order valence-electron chi connectivity index (χ2n) is 3.81. The molecule has 0 radical (unpaired) electrons. The number of hydrogen-bond donors (Lipinski definition) is 2. The van der Waals surface area contributed by atoms with Gasteiger partial charge in [0.1, 0.15) is 10.8 Å². The molecule has 0 aliphatic heterocycles. The fourth-order valence-corrected chi connectivity index (χ4v) is 2.62. The summed E-state index contributed by atoms with van der Waals surface area (Å²) in [7, 11) is -1.82. The molecule has 0 saturated heterocycles. The largest absolute Gasteiger partial charge is 0.491 e. The van der Waals surface area contributed by atoms with Crippen LogP contribution in [0.5, 0.6) is 0 Å². The van der Waals surface area contributed by atoms with E-state index in [1.165, 1.54) is 23.9 Å². The van der Waals surface area contributed by atoms with Gasteiger partial charge in [0, 0.05) is 17.4 Å². The zero-order valence-electron chi connectivity index (χ0n) is 9.75. The van der Waals surface area contributed by atoms with E-state index in [0.717, 1.165) is 5.56 Å². The van der Waals surface area contributed by atoms with Crippen molar-refractivity contribution >= 4 is 35.9 Å². The summed E-state index contributed by atoms with van der Waals surface area (Å²) in [4.78, 5) is 4.13. The van der Waals surface area contributed by atoms with Crippen molar-refractivity contribution in [2.75, 3.05) is 0 Å². The molecule has 2 N–H and O–H groups in total. The van der Waals surface area contributed by atoms with Crippen molar-refractivity contribution in [3.8, 4) is 0 Å². The maximum atomic E-state index is 13.3. The first-order valence-corrected chi connectivity index (χ1v) is 6.82. The van der Waals surface area contributed by atoms with Gasteiger partial charge < -0.3 is 10.0 Å². The average Bonchev–Trinajstić information content (AvgIpc) is 2.39. The zero-order valence-corrected chi connectivity index (χ0v) is 11.3. The summed E-state index contributed by atoms with van der Waals surface area (Å²) in [6.07, 6.45) is 1.64. The highest BCUT2D eigenvalue weighted by atomic mass is 35.5. The normalized spacial score (nSPS) is 10.5. The van der Waals surface area contributed by atoms with E-state index in [0.29, 0.717) is 15.8 Å². The molecule has 0 unspecified atom stereocenters. The number of nitrogens with zero attached hydrogens (tertiary/aromatic N) is 1. The van der Waals surface area contributed by atoms with Crippen molar-refractivity contribution in [1.29, 1.82) is 0 Å². The molecule has 3 nitrogen and oxygen atoms in total. The third-order valence-corrected chi connectivity index (χ3v) is 3.93. The van der Waals surface area contributed by atoms with Crippen LogP contribution in [0.2, 0.25) is 5.02 Å². The molecule has 0 aliphatic rings. The molecular formula is C12H10BClFNO2S. The predicted molar refractivity (Wildman–Crippen MR) is 75.0 cm³/mol. The van der Waals surface area contributed by atoms with Gasteiger partial charge in [-0.05, 0) is 23.8 Å². The summed E-state index contributed by atoms with van der Waals surface area (Å²) in [6, 6.07) is 7.70. The highest BCUT2D eigenvalue weighted by Crippen LogP contribution is 2.27. The van der Waals surface area contributed by atoms with Crippen LogP contribution in [0.15, 0.2) is 41.6 Å². The second kappa shape index (κ2) is 6.39. The Morgan fingerprint density at radius 1 is 1.32 bits per heavy atom. The van der Waals surface area contributed by atoms with Crippen LogP contribution in [-0.4, -0.2) is 22.2 Å². The maximum Gasteiger partial charge on any atom is 0.491 e. The van der Waals surface area contributed by atoms with Crippen LogP contribution in [0, 0.1) is 5.82 Å². The Kier molecular flexibility index (Phi) is 4.82. The predicted octanol–water partition coefficient (Wildman–Crippen LogP) is 1.85. The molecule has 1 aromatic carbocycles. The van der Waals surface area contributed by atoms with Gasteiger partial charge in [-0.25, -0.2) is 9.37 Å². The Morgan fingerprint density at radius 3 is 2.79 bits per heavy atom. The lowest BCUT2D eigenvalue weighted by molar-refractivity contribution is 0.423. The lowest BCUT2D eigenvalue weighted by Gasteiger charge is -2.06. The summed E-state index contributed by atoms with van der Waals surface area (Å²) in [5, 5.41) is 19.3. The van der Waals surface area contributed by atoms with Crippen LogP contribution in [0.1, 0.15) is 5.56 Å². The summed E-state index contributed by atoms with van der Waals surface area (Å²) < 4.78 is 13.3. The molecular weight excluding hydrogens is 287 g/mol. The number of pyridine rings is 1. The van der Waals surface area contributed by atoms with Crippen molar-refractivity contribution < 1.29 is 14.4 Å². The van der Waals surface area contributed by atoms with Crippen LogP contribution in [-0.2, 0) is 5.75 Å². The molecule has 2 aromatic rings. The smallest absolute Gasteiger partial charge is 0.423 e. The molecule has 0 fully saturated rings.